The highest BCUT2D eigenvalue weighted by atomic mass is 16.5. The maximum absolute atomic E-state index is 10.9. The summed E-state index contributed by atoms with van der Waals surface area (Å²) in [6, 6.07) is -0.848. The van der Waals surface area contributed by atoms with Gasteiger partial charge in [0.1, 0.15) is 6.04 Å². The molecule has 0 bridgehead atoms. The van der Waals surface area contributed by atoms with Gasteiger partial charge in [-0.15, -0.1) is 0 Å². The third-order valence-corrected chi connectivity index (χ3v) is 1.28. The van der Waals surface area contributed by atoms with Crippen molar-refractivity contribution >= 4 is 11.8 Å². The van der Waals surface area contributed by atoms with Crippen molar-refractivity contribution in [2.75, 3.05) is 7.11 Å². The van der Waals surface area contributed by atoms with Gasteiger partial charge in [0, 0.05) is 6.42 Å². The molecule has 68 valence electrons. The molecule has 2 N–H and O–H groups in total. The Morgan fingerprint density at radius 1 is 1.58 bits per heavy atom. The summed E-state index contributed by atoms with van der Waals surface area (Å²) in [6.45, 7) is 1.72. The fraction of sp³-hybridized carbons (Fsp3) is 0.500. The molecule has 0 aliphatic heterocycles. The molecule has 0 aliphatic rings. The number of rotatable bonds is 4. The molecule has 0 amide bonds. The van der Waals surface area contributed by atoms with Crippen LogP contribution < -0.4 is 5.73 Å². The number of methoxy groups -OCH3 is 1. The minimum Gasteiger partial charge on any atom is -0.468 e. The smallest absolute Gasteiger partial charge is 0.323 e. The first-order valence-electron chi connectivity index (χ1n) is 3.60. The number of esters is 1. The van der Waals surface area contributed by atoms with Crippen molar-refractivity contribution in [3.05, 3.63) is 12.2 Å². The number of carbonyl (C=O) groups is 2. The molecular weight excluding hydrogens is 158 g/mol. The average molecular weight is 171 g/mol. The van der Waals surface area contributed by atoms with Crippen LogP contribution in [0.25, 0.3) is 0 Å². The average Bonchev–Trinajstić information content (AvgIpc) is 2.03. The van der Waals surface area contributed by atoms with E-state index in [1.54, 1.807) is 13.0 Å². The highest BCUT2D eigenvalue weighted by Gasteiger charge is 2.15. The van der Waals surface area contributed by atoms with Gasteiger partial charge >= 0.3 is 5.97 Å². The molecule has 0 aliphatic carbocycles. The monoisotopic (exact) mass is 171 g/mol. The van der Waals surface area contributed by atoms with Crippen molar-refractivity contribution in [2.24, 2.45) is 5.73 Å². The normalized spacial score (nSPS) is 12.9. The zero-order valence-electron chi connectivity index (χ0n) is 7.24. The summed E-state index contributed by atoms with van der Waals surface area (Å²) >= 11 is 0. The standard InChI is InChI=1S/C8H13NO3/c1-3-4-6(10)5-7(9)8(11)12-2/h3-4,7H,5,9H2,1-2H3/b4-3+/t7-/m0/s1. The predicted molar refractivity (Wildman–Crippen MR) is 44.4 cm³/mol. The third-order valence-electron chi connectivity index (χ3n) is 1.28. The summed E-state index contributed by atoms with van der Waals surface area (Å²) in [5.74, 6) is -0.733. The van der Waals surface area contributed by atoms with Gasteiger partial charge in [-0.3, -0.25) is 9.59 Å². The van der Waals surface area contributed by atoms with E-state index < -0.39 is 12.0 Å². The Kier molecular flexibility index (Phi) is 4.96. The van der Waals surface area contributed by atoms with Crippen LogP contribution in [0.2, 0.25) is 0 Å². The summed E-state index contributed by atoms with van der Waals surface area (Å²) < 4.78 is 4.35. The van der Waals surface area contributed by atoms with Gasteiger partial charge in [-0.05, 0) is 13.0 Å². The van der Waals surface area contributed by atoms with Crippen LogP contribution in [0, 0.1) is 0 Å². The second-order valence-corrected chi connectivity index (χ2v) is 2.30. The summed E-state index contributed by atoms with van der Waals surface area (Å²) in [6.07, 6.45) is 2.98. The van der Waals surface area contributed by atoms with Crippen molar-refractivity contribution in [1.82, 2.24) is 0 Å². The van der Waals surface area contributed by atoms with Crippen LogP contribution in [-0.4, -0.2) is 24.9 Å². The first-order chi connectivity index (χ1) is 5.61. The number of hydrogen-bond donors (Lipinski definition) is 1. The lowest BCUT2D eigenvalue weighted by molar-refractivity contribution is -0.143. The lowest BCUT2D eigenvalue weighted by atomic mass is 10.1. The topological polar surface area (TPSA) is 69.4 Å². The summed E-state index contributed by atoms with van der Waals surface area (Å²) in [5, 5.41) is 0. The van der Waals surface area contributed by atoms with Gasteiger partial charge in [0.05, 0.1) is 7.11 Å². The van der Waals surface area contributed by atoms with E-state index >= 15 is 0 Å². The van der Waals surface area contributed by atoms with Gasteiger partial charge in [-0.2, -0.15) is 0 Å². The minimum absolute atomic E-state index is 0.00296. The number of hydrogen-bond acceptors (Lipinski definition) is 4. The molecule has 0 aromatic heterocycles. The minimum atomic E-state index is -0.848. The van der Waals surface area contributed by atoms with Gasteiger partial charge < -0.3 is 10.5 Å². The Balaban J connectivity index is 3.92. The Morgan fingerprint density at radius 2 is 2.17 bits per heavy atom. The first-order valence-corrected chi connectivity index (χ1v) is 3.60. The maximum Gasteiger partial charge on any atom is 0.323 e. The molecule has 0 saturated heterocycles. The van der Waals surface area contributed by atoms with Gasteiger partial charge in [-0.25, -0.2) is 0 Å². The van der Waals surface area contributed by atoms with Gasteiger partial charge in [0.25, 0.3) is 0 Å². The van der Waals surface area contributed by atoms with E-state index in [0.29, 0.717) is 0 Å². The van der Waals surface area contributed by atoms with E-state index in [4.69, 9.17) is 5.73 Å². The van der Waals surface area contributed by atoms with E-state index in [2.05, 4.69) is 4.74 Å². The Morgan fingerprint density at radius 3 is 2.58 bits per heavy atom. The van der Waals surface area contributed by atoms with E-state index in [1.807, 2.05) is 0 Å². The molecule has 12 heavy (non-hydrogen) atoms. The molecule has 0 radical (unpaired) electrons. The molecule has 0 rings (SSSR count). The van der Waals surface area contributed by atoms with Crippen LogP contribution in [-0.2, 0) is 14.3 Å². The summed E-state index contributed by atoms with van der Waals surface area (Å²) in [4.78, 5) is 21.6. The molecule has 0 aromatic rings. The van der Waals surface area contributed by atoms with Gasteiger partial charge in [-0.1, -0.05) is 6.08 Å². The highest BCUT2D eigenvalue weighted by Crippen LogP contribution is 1.93. The number of allylic oxidation sites excluding steroid dienone is 2. The van der Waals surface area contributed by atoms with Crippen molar-refractivity contribution in [3.8, 4) is 0 Å². The SMILES string of the molecule is C/C=C/C(=O)C[C@H](N)C(=O)OC. The second kappa shape index (κ2) is 5.49. The zero-order valence-corrected chi connectivity index (χ0v) is 7.24. The largest absolute Gasteiger partial charge is 0.468 e. The van der Waals surface area contributed by atoms with Gasteiger partial charge in [0.2, 0.25) is 0 Å². The van der Waals surface area contributed by atoms with Crippen molar-refractivity contribution in [3.63, 3.8) is 0 Å². The van der Waals surface area contributed by atoms with E-state index in [9.17, 15) is 9.59 Å². The predicted octanol–water partition coefficient (Wildman–Crippen LogP) is 0.0220. The lowest BCUT2D eigenvalue weighted by Crippen LogP contribution is -2.33. The van der Waals surface area contributed by atoms with Crippen LogP contribution in [0.15, 0.2) is 12.2 Å². The van der Waals surface area contributed by atoms with Crippen LogP contribution >= 0.6 is 0 Å². The highest BCUT2D eigenvalue weighted by molar-refractivity contribution is 5.93. The van der Waals surface area contributed by atoms with Crippen molar-refractivity contribution < 1.29 is 14.3 Å². The summed E-state index contributed by atoms with van der Waals surface area (Å²) in [5.41, 5.74) is 5.33. The third kappa shape index (κ3) is 3.88. The molecule has 0 unspecified atom stereocenters. The zero-order chi connectivity index (χ0) is 9.56. The number of ketones is 1. The van der Waals surface area contributed by atoms with Crippen molar-refractivity contribution in [2.45, 2.75) is 19.4 Å². The number of nitrogens with two attached hydrogens (primary N) is 1. The van der Waals surface area contributed by atoms with E-state index in [0.717, 1.165) is 0 Å². The molecule has 0 spiro atoms. The van der Waals surface area contributed by atoms with Gasteiger partial charge in [0.15, 0.2) is 5.78 Å². The molecule has 0 saturated carbocycles. The van der Waals surface area contributed by atoms with Crippen LogP contribution in [0.5, 0.6) is 0 Å². The molecule has 0 fully saturated rings. The molecule has 0 heterocycles. The molecule has 4 nitrogen and oxygen atoms in total. The molecule has 1 atom stereocenters. The van der Waals surface area contributed by atoms with Crippen LogP contribution in [0.4, 0.5) is 0 Å². The Bertz CT molecular complexity index is 198. The lowest BCUT2D eigenvalue weighted by Gasteiger charge is -2.05. The summed E-state index contributed by atoms with van der Waals surface area (Å²) in [7, 11) is 1.24. The fourth-order valence-corrected chi connectivity index (χ4v) is 0.705. The maximum atomic E-state index is 10.9. The number of carbonyl (C=O) groups excluding carboxylic acids is 2. The first kappa shape index (κ1) is 10.8. The molecule has 0 aromatic carbocycles. The number of ether oxygens (including phenoxy) is 1. The van der Waals surface area contributed by atoms with Crippen LogP contribution in [0.3, 0.4) is 0 Å². The Labute approximate surface area is 71.4 Å². The molecular formula is C8H13NO3. The van der Waals surface area contributed by atoms with Crippen LogP contribution in [0.1, 0.15) is 13.3 Å². The van der Waals surface area contributed by atoms with E-state index in [1.165, 1.54) is 13.2 Å². The molecule has 4 heteroatoms. The quantitative estimate of drug-likeness (QED) is 0.478. The van der Waals surface area contributed by atoms with Crippen molar-refractivity contribution in [1.29, 1.82) is 0 Å². The fourth-order valence-electron chi connectivity index (χ4n) is 0.705. The van der Waals surface area contributed by atoms with E-state index in [-0.39, 0.29) is 12.2 Å². The second-order valence-electron chi connectivity index (χ2n) is 2.30. The Hall–Kier alpha value is -1.16.